The first kappa shape index (κ1) is 15.6. The smallest absolute Gasteiger partial charge is 0.140 e. The van der Waals surface area contributed by atoms with Crippen LogP contribution in [0.4, 0.5) is 0 Å². The van der Waals surface area contributed by atoms with Gasteiger partial charge >= 0.3 is 0 Å². The van der Waals surface area contributed by atoms with Gasteiger partial charge in [-0.3, -0.25) is 4.90 Å². The van der Waals surface area contributed by atoms with Crippen LogP contribution >= 0.6 is 0 Å². The van der Waals surface area contributed by atoms with Crippen molar-refractivity contribution >= 4 is 10.1 Å². The van der Waals surface area contributed by atoms with Crippen molar-refractivity contribution in [3.8, 4) is 0 Å². The molecule has 2 unspecified atom stereocenters. The van der Waals surface area contributed by atoms with Crippen molar-refractivity contribution < 1.29 is 17.9 Å². The predicted molar refractivity (Wildman–Crippen MR) is 70.1 cm³/mol. The van der Waals surface area contributed by atoms with Crippen molar-refractivity contribution in [1.82, 2.24) is 4.90 Å². The minimum atomic E-state index is -4.11. The Morgan fingerprint density at radius 2 is 2.11 bits per heavy atom. The molecule has 1 N–H and O–H groups in total. The minimum absolute atomic E-state index is 0.0822. The van der Waals surface area contributed by atoms with Crippen molar-refractivity contribution in [3.05, 3.63) is 11.0 Å². The van der Waals surface area contributed by atoms with E-state index < -0.39 is 10.1 Å². The SMILES string of the molecule is CC1N(C)CC[NH+]1C.O=S(=O)([O-])C1=CCCCC1. The maximum absolute atomic E-state index is 10.4. The zero-order valence-corrected chi connectivity index (χ0v) is 12.3. The molecule has 1 saturated heterocycles. The van der Waals surface area contributed by atoms with Gasteiger partial charge in [0.05, 0.1) is 20.1 Å². The lowest BCUT2D eigenvalue weighted by molar-refractivity contribution is -0.895. The molecule has 0 aromatic rings. The van der Waals surface area contributed by atoms with Gasteiger partial charge < -0.3 is 9.45 Å². The number of nitrogens with one attached hydrogen (secondary N) is 1. The molecule has 0 radical (unpaired) electrons. The first-order valence-electron chi connectivity index (χ1n) is 6.50. The maximum Gasteiger partial charge on any atom is 0.140 e. The molecular formula is C12H24N2O3S. The lowest BCUT2D eigenvalue weighted by atomic mass is 10.1. The molecular weight excluding hydrogens is 252 g/mol. The number of hydrogen-bond acceptors (Lipinski definition) is 4. The first-order chi connectivity index (χ1) is 8.32. The predicted octanol–water partition coefficient (Wildman–Crippen LogP) is -0.218. The molecule has 2 aliphatic rings. The van der Waals surface area contributed by atoms with Crippen molar-refractivity contribution in [2.24, 2.45) is 0 Å². The van der Waals surface area contributed by atoms with Crippen LogP contribution in [-0.2, 0) is 10.1 Å². The third-order valence-corrected chi connectivity index (χ3v) is 4.82. The number of rotatable bonds is 1. The number of allylic oxidation sites excluding steroid dienone is 2. The summed E-state index contributed by atoms with van der Waals surface area (Å²) in [5.41, 5.74) is 0. The van der Waals surface area contributed by atoms with Crippen LogP contribution in [0, 0.1) is 0 Å². The quantitative estimate of drug-likeness (QED) is 0.673. The molecule has 6 heteroatoms. The Labute approximate surface area is 110 Å². The highest BCUT2D eigenvalue weighted by Gasteiger charge is 2.24. The summed E-state index contributed by atoms with van der Waals surface area (Å²) < 4.78 is 31.1. The van der Waals surface area contributed by atoms with Gasteiger partial charge in [0, 0.05) is 11.8 Å². The lowest BCUT2D eigenvalue weighted by Gasteiger charge is -2.15. The summed E-state index contributed by atoms with van der Waals surface area (Å²) in [5, 5.41) is 0. The van der Waals surface area contributed by atoms with E-state index in [1.54, 1.807) is 4.90 Å². The van der Waals surface area contributed by atoms with Gasteiger partial charge in [-0.05, 0) is 32.7 Å². The molecule has 0 amide bonds. The van der Waals surface area contributed by atoms with Gasteiger partial charge in [-0.1, -0.05) is 6.08 Å². The van der Waals surface area contributed by atoms with Crippen LogP contribution in [0.1, 0.15) is 32.6 Å². The zero-order chi connectivity index (χ0) is 13.8. The molecule has 106 valence electrons. The van der Waals surface area contributed by atoms with E-state index in [2.05, 4.69) is 25.9 Å². The van der Waals surface area contributed by atoms with E-state index in [-0.39, 0.29) is 4.91 Å². The molecule has 5 nitrogen and oxygen atoms in total. The van der Waals surface area contributed by atoms with Crippen molar-refractivity contribution in [2.45, 2.75) is 38.8 Å². The summed E-state index contributed by atoms with van der Waals surface area (Å²) in [6.45, 7) is 4.83. The summed E-state index contributed by atoms with van der Waals surface area (Å²) in [7, 11) is 0.311. The molecule has 0 aromatic carbocycles. The number of hydrogen-bond donors (Lipinski definition) is 1. The van der Waals surface area contributed by atoms with E-state index in [9.17, 15) is 13.0 Å². The second-order valence-corrected chi connectivity index (χ2v) is 6.56. The lowest BCUT2D eigenvalue weighted by Crippen LogP contribution is -3.11. The van der Waals surface area contributed by atoms with Crippen LogP contribution in [0.25, 0.3) is 0 Å². The van der Waals surface area contributed by atoms with Gasteiger partial charge in [0.15, 0.2) is 0 Å². The van der Waals surface area contributed by atoms with Crippen LogP contribution in [-0.4, -0.2) is 51.2 Å². The molecule has 2 rings (SSSR count). The van der Waals surface area contributed by atoms with Crippen LogP contribution in [0.3, 0.4) is 0 Å². The van der Waals surface area contributed by atoms with E-state index in [1.807, 2.05) is 0 Å². The molecule has 0 bridgehead atoms. The second kappa shape index (κ2) is 6.65. The molecule has 1 fully saturated rings. The van der Waals surface area contributed by atoms with E-state index in [0.717, 1.165) is 25.4 Å². The van der Waals surface area contributed by atoms with E-state index in [1.165, 1.54) is 19.2 Å². The van der Waals surface area contributed by atoms with Crippen LogP contribution < -0.4 is 4.90 Å². The number of likely N-dealkylation sites (N-methyl/N-ethyl adjacent to an activating group) is 2. The monoisotopic (exact) mass is 276 g/mol. The largest absolute Gasteiger partial charge is 0.744 e. The standard InChI is InChI=1S/C6H14N2.C6H10O3S/c1-6-7(2)4-5-8(6)3;7-10(8,9)6-4-2-1-3-5-6/h6H,4-5H2,1-3H3;4H,1-3,5H2,(H,7,8,9). The fraction of sp³-hybridized carbons (Fsp3) is 0.833. The zero-order valence-electron chi connectivity index (χ0n) is 11.5. The molecule has 1 heterocycles. The van der Waals surface area contributed by atoms with Gasteiger partial charge in [-0.2, -0.15) is 0 Å². The summed E-state index contributed by atoms with van der Waals surface area (Å²) in [4.78, 5) is 4.10. The fourth-order valence-electron chi connectivity index (χ4n) is 2.17. The van der Waals surface area contributed by atoms with Gasteiger partial charge in [0.1, 0.15) is 16.3 Å². The van der Waals surface area contributed by atoms with Crippen LogP contribution in [0.2, 0.25) is 0 Å². The molecule has 0 aromatic heterocycles. The fourth-order valence-corrected chi connectivity index (χ4v) is 2.88. The second-order valence-electron chi connectivity index (χ2n) is 5.12. The van der Waals surface area contributed by atoms with Gasteiger partial charge in [-0.25, -0.2) is 8.42 Å². The minimum Gasteiger partial charge on any atom is -0.744 e. The molecule has 1 aliphatic heterocycles. The Hall–Kier alpha value is -0.430. The molecule has 0 spiro atoms. The Kier molecular flexibility index (Phi) is 5.78. The average Bonchev–Trinajstić information content (AvgIpc) is 2.62. The maximum atomic E-state index is 10.4. The highest BCUT2D eigenvalue weighted by molar-refractivity contribution is 7.89. The van der Waals surface area contributed by atoms with Gasteiger partial charge in [0.25, 0.3) is 0 Å². The van der Waals surface area contributed by atoms with Crippen molar-refractivity contribution in [3.63, 3.8) is 0 Å². The third kappa shape index (κ3) is 4.68. The summed E-state index contributed by atoms with van der Waals surface area (Å²) >= 11 is 0. The van der Waals surface area contributed by atoms with Crippen LogP contribution in [0.15, 0.2) is 11.0 Å². The Morgan fingerprint density at radius 3 is 2.33 bits per heavy atom. The van der Waals surface area contributed by atoms with E-state index >= 15 is 0 Å². The normalized spacial score (nSPS) is 29.4. The van der Waals surface area contributed by atoms with Crippen molar-refractivity contribution in [1.29, 1.82) is 0 Å². The van der Waals surface area contributed by atoms with Gasteiger partial charge in [-0.15, -0.1) is 0 Å². The number of nitrogens with zero attached hydrogens (tertiary/aromatic N) is 1. The highest BCUT2D eigenvalue weighted by Crippen LogP contribution is 2.20. The van der Waals surface area contributed by atoms with E-state index in [4.69, 9.17) is 0 Å². The number of quaternary nitrogens is 1. The Bertz CT molecular complexity index is 382. The first-order valence-corrected chi connectivity index (χ1v) is 7.90. The van der Waals surface area contributed by atoms with Crippen LogP contribution in [0.5, 0.6) is 0 Å². The average molecular weight is 276 g/mol. The van der Waals surface area contributed by atoms with Gasteiger partial charge in [0.2, 0.25) is 0 Å². The molecule has 2 atom stereocenters. The van der Waals surface area contributed by atoms with E-state index in [0.29, 0.717) is 6.42 Å². The summed E-state index contributed by atoms with van der Waals surface area (Å²) in [5.74, 6) is 0. The highest BCUT2D eigenvalue weighted by atomic mass is 32.2. The summed E-state index contributed by atoms with van der Waals surface area (Å²) in [6.07, 6.45) is 5.26. The summed E-state index contributed by atoms with van der Waals surface area (Å²) in [6, 6.07) is 0. The third-order valence-electron chi connectivity index (χ3n) is 3.80. The van der Waals surface area contributed by atoms with Crippen molar-refractivity contribution in [2.75, 3.05) is 27.2 Å². The Morgan fingerprint density at radius 1 is 1.44 bits per heavy atom. The Balaban J connectivity index is 0.000000184. The topological polar surface area (TPSA) is 64.9 Å². The molecule has 0 saturated carbocycles. The molecule has 18 heavy (non-hydrogen) atoms. The molecule has 1 aliphatic carbocycles.